The van der Waals surface area contributed by atoms with Gasteiger partial charge in [-0.3, -0.25) is 0 Å². The molecule has 0 bridgehead atoms. The monoisotopic (exact) mass is 253 g/mol. The Morgan fingerprint density at radius 1 is 0.895 bits per heavy atom. The smallest absolute Gasteiger partial charge is 0.0317 e. The molecule has 100 valence electrons. The summed E-state index contributed by atoms with van der Waals surface area (Å²) in [5.74, 6) is 0. The summed E-state index contributed by atoms with van der Waals surface area (Å²) in [6, 6.07) is 20.0. The molecule has 0 aliphatic rings. The maximum Gasteiger partial charge on any atom is 0.0317 e. The lowest BCUT2D eigenvalue weighted by Gasteiger charge is -2.16. The largest absolute Gasteiger partial charge is 0.313 e. The van der Waals surface area contributed by atoms with Crippen LogP contribution in [-0.2, 0) is 0 Å². The number of unbranched alkanes of at least 4 members (excludes halogenated alkanes) is 1. The van der Waals surface area contributed by atoms with Crippen molar-refractivity contribution >= 4 is 0 Å². The van der Waals surface area contributed by atoms with Crippen LogP contribution in [0.4, 0.5) is 0 Å². The molecular formula is C18H23N. The predicted octanol–water partition coefficient (Wildman–Crippen LogP) is 4.80. The van der Waals surface area contributed by atoms with Gasteiger partial charge in [0.2, 0.25) is 0 Å². The van der Waals surface area contributed by atoms with E-state index in [1.165, 1.54) is 36.0 Å². The molecule has 0 aliphatic carbocycles. The van der Waals surface area contributed by atoms with Crippen LogP contribution in [0.25, 0.3) is 11.1 Å². The molecule has 0 aromatic heterocycles. The maximum atomic E-state index is 3.41. The van der Waals surface area contributed by atoms with Crippen LogP contribution in [0.2, 0.25) is 0 Å². The Labute approximate surface area is 116 Å². The molecule has 0 aliphatic heterocycles. The molecule has 2 rings (SSSR count). The SMILES string of the molecule is CCCCC(NC)c1ccc(-c2ccccc2)cc1. The first-order valence-corrected chi connectivity index (χ1v) is 7.17. The molecule has 0 radical (unpaired) electrons. The lowest BCUT2D eigenvalue weighted by atomic mass is 9.98. The van der Waals surface area contributed by atoms with Gasteiger partial charge >= 0.3 is 0 Å². The van der Waals surface area contributed by atoms with Gasteiger partial charge in [0.25, 0.3) is 0 Å². The van der Waals surface area contributed by atoms with Gasteiger partial charge in [0.05, 0.1) is 0 Å². The second-order valence-electron chi connectivity index (χ2n) is 4.97. The molecule has 0 amide bonds. The highest BCUT2D eigenvalue weighted by molar-refractivity contribution is 5.63. The van der Waals surface area contributed by atoms with E-state index in [9.17, 15) is 0 Å². The van der Waals surface area contributed by atoms with E-state index in [0.717, 1.165) is 0 Å². The van der Waals surface area contributed by atoms with Gasteiger partial charge in [-0.25, -0.2) is 0 Å². The van der Waals surface area contributed by atoms with Crippen LogP contribution in [0.15, 0.2) is 54.6 Å². The zero-order valence-corrected chi connectivity index (χ0v) is 11.9. The van der Waals surface area contributed by atoms with Crippen LogP contribution in [0.3, 0.4) is 0 Å². The first-order chi connectivity index (χ1) is 9.35. The third-order valence-electron chi connectivity index (χ3n) is 3.61. The van der Waals surface area contributed by atoms with Crippen LogP contribution in [0.5, 0.6) is 0 Å². The van der Waals surface area contributed by atoms with E-state index in [0.29, 0.717) is 6.04 Å². The summed E-state index contributed by atoms with van der Waals surface area (Å²) < 4.78 is 0. The van der Waals surface area contributed by atoms with Crippen molar-refractivity contribution < 1.29 is 0 Å². The number of nitrogens with one attached hydrogen (secondary N) is 1. The number of hydrogen-bond donors (Lipinski definition) is 1. The van der Waals surface area contributed by atoms with Gasteiger partial charge in [0.15, 0.2) is 0 Å². The minimum atomic E-state index is 0.477. The third kappa shape index (κ3) is 3.68. The topological polar surface area (TPSA) is 12.0 Å². The van der Waals surface area contributed by atoms with Gasteiger partial charge in [-0.2, -0.15) is 0 Å². The highest BCUT2D eigenvalue weighted by Crippen LogP contribution is 2.24. The first-order valence-electron chi connectivity index (χ1n) is 7.17. The fourth-order valence-corrected chi connectivity index (χ4v) is 2.42. The molecule has 1 heteroatoms. The van der Waals surface area contributed by atoms with Gasteiger partial charge in [-0.15, -0.1) is 0 Å². The van der Waals surface area contributed by atoms with E-state index in [2.05, 4.69) is 66.8 Å². The van der Waals surface area contributed by atoms with Gasteiger partial charge in [-0.1, -0.05) is 74.4 Å². The Morgan fingerprint density at radius 3 is 2.11 bits per heavy atom. The van der Waals surface area contributed by atoms with Crippen LogP contribution in [0.1, 0.15) is 37.8 Å². The van der Waals surface area contributed by atoms with Crippen molar-refractivity contribution in [3.05, 3.63) is 60.2 Å². The summed E-state index contributed by atoms with van der Waals surface area (Å²) in [6.07, 6.45) is 3.73. The third-order valence-corrected chi connectivity index (χ3v) is 3.61. The molecule has 1 atom stereocenters. The number of rotatable bonds is 6. The first kappa shape index (κ1) is 13.8. The van der Waals surface area contributed by atoms with Crippen LogP contribution in [-0.4, -0.2) is 7.05 Å². The normalized spacial score (nSPS) is 12.3. The Morgan fingerprint density at radius 2 is 1.53 bits per heavy atom. The van der Waals surface area contributed by atoms with Crippen molar-refractivity contribution in [1.82, 2.24) is 5.32 Å². The average Bonchev–Trinajstić information content (AvgIpc) is 2.49. The van der Waals surface area contributed by atoms with Gasteiger partial charge in [0, 0.05) is 6.04 Å². The Balaban J connectivity index is 2.13. The Kier molecular flexibility index (Phi) is 5.17. The number of hydrogen-bond acceptors (Lipinski definition) is 1. The van der Waals surface area contributed by atoms with Crippen LogP contribution < -0.4 is 5.32 Å². The standard InChI is InChI=1S/C18H23N/c1-3-4-10-18(19-2)17-13-11-16(12-14-17)15-8-6-5-7-9-15/h5-9,11-14,18-19H,3-4,10H2,1-2H3. The van der Waals surface area contributed by atoms with E-state index in [-0.39, 0.29) is 0 Å². The fourth-order valence-electron chi connectivity index (χ4n) is 2.42. The molecule has 1 nitrogen and oxygen atoms in total. The summed E-state index contributed by atoms with van der Waals surface area (Å²) in [5, 5.41) is 3.41. The minimum absolute atomic E-state index is 0.477. The summed E-state index contributed by atoms with van der Waals surface area (Å²) >= 11 is 0. The summed E-state index contributed by atoms with van der Waals surface area (Å²) in [6.45, 7) is 2.24. The fraction of sp³-hybridized carbons (Fsp3) is 0.333. The molecule has 0 saturated carbocycles. The zero-order chi connectivity index (χ0) is 13.5. The lowest BCUT2D eigenvalue weighted by Crippen LogP contribution is -2.16. The highest BCUT2D eigenvalue weighted by Gasteiger charge is 2.08. The maximum absolute atomic E-state index is 3.41. The zero-order valence-electron chi connectivity index (χ0n) is 11.9. The van der Waals surface area contributed by atoms with E-state index < -0.39 is 0 Å². The average molecular weight is 253 g/mol. The molecule has 0 heterocycles. The van der Waals surface area contributed by atoms with Crippen molar-refractivity contribution in [3.8, 4) is 11.1 Å². The van der Waals surface area contributed by atoms with Crippen molar-refractivity contribution in [2.75, 3.05) is 7.05 Å². The Hall–Kier alpha value is -1.60. The molecule has 2 aromatic carbocycles. The molecule has 1 unspecified atom stereocenters. The summed E-state index contributed by atoms with van der Waals surface area (Å²) in [4.78, 5) is 0. The highest BCUT2D eigenvalue weighted by atomic mass is 14.9. The summed E-state index contributed by atoms with van der Waals surface area (Å²) in [7, 11) is 2.05. The van der Waals surface area contributed by atoms with E-state index >= 15 is 0 Å². The lowest BCUT2D eigenvalue weighted by molar-refractivity contribution is 0.523. The van der Waals surface area contributed by atoms with Crippen molar-refractivity contribution in [2.24, 2.45) is 0 Å². The van der Waals surface area contributed by atoms with Crippen molar-refractivity contribution in [3.63, 3.8) is 0 Å². The molecular weight excluding hydrogens is 230 g/mol. The van der Waals surface area contributed by atoms with E-state index in [1.807, 2.05) is 7.05 Å². The van der Waals surface area contributed by atoms with Crippen molar-refractivity contribution in [2.45, 2.75) is 32.2 Å². The molecule has 2 aromatic rings. The second kappa shape index (κ2) is 7.10. The molecule has 0 fully saturated rings. The minimum Gasteiger partial charge on any atom is -0.313 e. The van der Waals surface area contributed by atoms with Gasteiger partial charge < -0.3 is 5.32 Å². The second-order valence-corrected chi connectivity index (χ2v) is 4.97. The van der Waals surface area contributed by atoms with Gasteiger partial charge in [-0.05, 0) is 30.2 Å². The molecule has 0 saturated heterocycles. The van der Waals surface area contributed by atoms with Crippen LogP contribution in [0, 0.1) is 0 Å². The molecule has 1 N–H and O–H groups in total. The van der Waals surface area contributed by atoms with Crippen molar-refractivity contribution in [1.29, 1.82) is 0 Å². The van der Waals surface area contributed by atoms with E-state index in [4.69, 9.17) is 0 Å². The van der Waals surface area contributed by atoms with Gasteiger partial charge in [0.1, 0.15) is 0 Å². The van der Waals surface area contributed by atoms with E-state index in [1.54, 1.807) is 0 Å². The Bertz CT molecular complexity index is 473. The predicted molar refractivity (Wildman–Crippen MR) is 83.2 cm³/mol. The molecule has 19 heavy (non-hydrogen) atoms. The molecule has 0 spiro atoms. The van der Waals surface area contributed by atoms with Crippen LogP contribution >= 0.6 is 0 Å². The number of benzene rings is 2. The quantitative estimate of drug-likeness (QED) is 0.779. The summed E-state index contributed by atoms with van der Waals surface area (Å²) in [5.41, 5.74) is 3.95.